The van der Waals surface area contributed by atoms with Gasteiger partial charge in [0.25, 0.3) is 0 Å². The van der Waals surface area contributed by atoms with Gasteiger partial charge in [-0.25, -0.2) is 4.79 Å². The van der Waals surface area contributed by atoms with Gasteiger partial charge in [0.15, 0.2) is 0 Å². The largest absolute Gasteiger partial charge is 0.462 e. The molecule has 0 bridgehead atoms. The first-order valence-corrected chi connectivity index (χ1v) is 5.00. The first-order chi connectivity index (χ1) is 7.20. The molecule has 15 heavy (non-hydrogen) atoms. The molecular formula is C11H16N2O2. The van der Waals surface area contributed by atoms with Gasteiger partial charge < -0.3 is 15.8 Å². The molecule has 0 radical (unpaired) electrons. The van der Waals surface area contributed by atoms with Crippen molar-refractivity contribution in [3.8, 4) is 0 Å². The lowest BCUT2D eigenvalue weighted by Crippen LogP contribution is -2.11. The highest BCUT2D eigenvalue weighted by Crippen LogP contribution is 2.23. The van der Waals surface area contributed by atoms with Crippen LogP contribution >= 0.6 is 0 Å². The molecule has 4 nitrogen and oxygen atoms in total. The van der Waals surface area contributed by atoms with E-state index in [1.165, 1.54) is 0 Å². The molecule has 0 aliphatic heterocycles. The fourth-order valence-electron chi connectivity index (χ4n) is 1.32. The monoisotopic (exact) mass is 208 g/mol. The van der Waals surface area contributed by atoms with Crippen LogP contribution in [0.25, 0.3) is 0 Å². The Labute approximate surface area is 89.4 Å². The molecule has 0 aliphatic rings. The summed E-state index contributed by atoms with van der Waals surface area (Å²) in [6, 6.07) is 5.19. The Hall–Kier alpha value is -1.71. The molecule has 82 valence electrons. The molecule has 3 N–H and O–H groups in total. The summed E-state index contributed by atoms with van der Waals surface area (Å²) in [6.45, 7) is 4.79. The van der Waals surface area contributed by atoms with Crippen LogP contribution in [-0.4, -0.2) is 19.1 Å². The van der Waals surface area contributed by atoms with Gasteiger partial charge in [-0.1, -0.05) is 6.07 Å². The molecule has 1 aromatic carbocycles. The minimum absolute atomic E-state index is 0.347. The predicted molar refractivity (Wildman–Crippen MR) is 61.0 cm³/mol. The lowest BCUT2D eigenvalue weighted by Gasteiger charge is -2.12. The molecule has 0 saturated carbocycles. The number of anilines is 2. The number of carbonyl (C=O) groups excluding carboxylic acids is 1. The molecule has 0 spiro atoms. The number of rotatable bonds is 4. The second kappa shape index (κ2) is 5.24. The summed E-state index contributed by atoms with van der Waals surface area (Å²) >= 11 is 0. The Kier molecular flexibility index (Phi) is 3.97. The number of nitrogen functional groups attached to an aromatic ring is 1. The minimum atomic E-state index is -0.347. The Balaban J connectivity index is 3.04. The quantitative estimate of drug-likeness (QED) is 0.585. The zero-order chi connectivity index (χ0) is 11.3. The second-order valence-corrected chi connectivity index (χ2v) is 3.02. The SMILES string of the molecule is CCNc1c(N)cccc1C(=O)OCC. The molecule has 1 aromatic rings. The third-order valence-electron chi connectivity index (χ3n) is 1.95. The van der Waals surface area contributed by atoms with Crippen LogP contribution in [0.1, 0.15) is 24.2 Å². The average Bonchev–Trinajstić information content (AvgIpc) is 2.21. The van der Waals surface area contributed by atoms with Crippen LogP contribution in [0.4, 0.5) is 11.4 Å². The van der Waals surface area contributed by atoms with Crippen LogP contribution in [-0.2, 0) is 4.74 Å². The first kappa shape index (κ1) is 11.4. The summed E-state index contributed by atoms with van der Waals surface area (Å²) in [5.41, 5.74) is 7.47. The Morgan fingerprint density at radius 3 is 2.80 bits per heavy atom. The van der Waals surface area contributed by atoms with Crippen LogP contribution in [0.5, 0.6) is 0 Å². The van der Waals surface area contributed by atoms with Crippen LogP contribution in [0.3, 0.4) is 0 Å². The molecule has 0 saturated heterocycles. The topological polar surface area (TPSA) is 64.3 Å². The van der Waals surface area contributed by atoms with Gasteiger partial charge in [-0.05, 0) is 26.0 Å². The maximum atomic E-state index is 11.6. The van der Waals surface area contributed by atoms with Crippen molar-refractivity contribution in [1.82, 2.24) is 0 Å². The maximum absolute atomic E-state index is 11.6. The van der Waals surface area contributed by atoms with E-state index in [1.807, 2.05) is 6.92 Å². The number of esters is 1. The van der Waals surface area contributed by atoms with Crippen LogP contribution in [0.15, 0.2) is 18.2 Å². The average molecular weight is 208 g/mol. The Bertz CT molecular complexity index is 350. The molecule has 0 aromatic heterocycles. The standard InChI is InChI=1S/C11H16N2O2/c1-3-13-10-8(11(14)15-4-2)6-5-7-9(10)12/h5-7,13H,3-4,12H2,1-2H3. The van der Waals surface area contributed by atoms with Crippen LogP contribution < -0.4 is 11.1 Å². The summed E-state index contributed by atoms with van der Waals surface area (Å²) in [5, 5.41) is 3.06. The molecule has 0 aliphatic carbocycles. The molecule has 4 heteroatoms. The summed E-state index contributed by atoms with van der Waals surface area (Å²) in [5.74, 6) is -0.347. The smallest absolute Gasteiger partial charge is 0.340 e. The van der Waals surface area contributed by atoms with Crippen molar-refractivity contribution in [1.29, 1.82) is 0 Å². The molecule has 1 rings (SSSR count). The molecular weight excluding hydrogens is 192 g/mol. The van der Waals surface area contributed by atoms with E-state index in [4.69, 9.17) is 10.5 Å². The molecule has 0 unspecified atom stereocenters. The fraction of sp³-hybridized carbons (Fsp3) is 0.364. The van der Waals surface area contributed by atoms with Crippen molar-refractivity contribution < 1.29 is 9.53 Å². The summed E-state index contributed by atoms with van der Waals surface area (Å²) < 4.78 is 4.94. The summed E-state index contributed by atoms with van der Waals surface area (Å²) in [7, 11) is 0. The summed E-state index contributed by atoms with van der Waals surface area (Å²) in [6.07, 6.45) is 0. The minimum Gasteiger partial charge on any atom is -0.462 e. The van der Waals surface area contributed by atoms with Gasteiger partial charge in [-0.2, -0.15) is 0 Å². The Morgan fingerprint density at radius 2 is 2.20 bits per heavy atom. The lowest BCUT2D eigenvalue weighted by atomic mass is 10.1. The van der Waals surface area contributed by atoms with Crippen LogP contribution in [0.2, 0.25) is 0 Å². The third kappa shape index (κ3) is 2.62. The number of carbonyl (C=O) groups is 1. The molecule has 0 heterocycles. The highest BCUT2D eigenvalue weighted by Gasteiger charge is 2.13. The van der Waals surface area contributed by atoms with Crippen LogP contribution in [0, 0.1) is 0 Å². The van der Waals surface area contributed by atoms with E-state index in [0.29, 0.717) is 30.1 Å². The number of nitrogens with one attached hydrogen (secondary N) is 1. The number of hydrogen-bond acceptors (Lipinski definition) is 4. The van der Waals surface area contributed by atoms with E-state index >= 15 is 0 Å². The van der Waals surface area contributed by atoms with Gasteiger partial charge in [0.05, 0.1) is 23.5 Å². The number of benzene rings is 1. The highest BCUT2D eigenvalue weighted by molar-refractivity contribution is 5.98. The van der Waals surface area contributed by atoms with Gasteiger partial charge in [-0.15, -0.1) is 0 Å². The van der Waals surface area contributed by atoms with Crippen molar-refractivity contribution in [2.45, 2.75) is 13.8 Å². The maximum Gasteiger partial charge on any atom is 0.340 e. The molecule has 0 fully saturated rings. The van der Waals surface area contributed by atoms with Crippen molar-refractivity contribution in [3.63, 3.8) is 0 Å². The van der Waals surface area contributed by atoms with Crippen molar-refractivity contribution in [3.05, 3.63) is 23.8 Å². The van der Waals surface area contributed by atoms with Gasteiger partial charge in [-0.3, -0.25) is 0 Å². The normalized spacial score (nSPS) is 9.73. The van der Waals surface area contributed by atoms with Crippen molar-refractivity contribution >= 4 is 17.3 Å². The van der Waals surface area contributed by atoms with Gasteiger partial charge in [0.2, 0.25) is 0 Å². The number of nitrogens with two attached hydrogens (primary N) is 1. The Morgan fingerprint density at radius 1 is 1.47 bits per heavy atom. The molecule has 0 amide bonds. The van der Waals surface area contributed by atoms with Gasteiger partial charge in [0.1, 0.15) is 0 Å². The van der Waals surface area contributed by atoms with Crippen molar-refractivity contribution in [2.24, 2.45) is 0 Å². The van der Waals surface area contributed by atoms with E-state index in [9.17, 15) is 4.79 Å². The lowest BCUT2D eigenvalue weighted by molar-refractivity contribution is 0.0527. The third-order valence-corrected chi connectivity index (χ3v) is 1.95. The van der Waals surface area contributed by atoms with E-state index in [0.717, 1.165) is 0 Å². The van der Waals surface area contributed by atoms with Crippen molar-refractivity contribution in [2.75, 3.05) is 24.2 Å². The zero-order valence-electron chi connectivity index (χ0n) is 9.04. The highest BCUT2D eigenvalue weighted by atomic mass is 16.5. The first-order valence-electron chi connectivity index (χ1n) is 5.00. The predicted octanol–water partition coefficient (Wildman–Crippen LogP) is 1.88. The van der Waals surface area contributed by atoms with E-state index in [1.54, 1.807) is 25.1 Å². The number of hydrogen-bond donors (Lipinski definition) is 2. The fourth-order valence-corrected chi connectivity index (χ4v) is 1.32. The van der Waals surface area contributed by atoms with E-state index in [-0.39, 0.29) is 5.97 Å². The number of para-hydroxylation sites is 1. The van der Waals surface area contributed by atoms with E-state index < -0.39 is 0 Å². The zero-order valence-corrected chi connectivity index (χ0v) is 9.04. The molecule has 0 atom stereocenters. The second-order valence-electron chi connectivity index (χ2n) is 3.02. The summed E-state index contributed by atoms with van der Waals surface area (Å²) in [4.78, 5) is 11.6. The number of ether oxygens (including phenoxy) is 1. The van der Waals surface area contributed by atoms with Gasteiger partial charge >= 0.3 is 5.97 Å². The van der Waals surface area contributed by atoms with E-state index in [2.05, 4.69) is 5.32 Å². The van der Waals surface area contributed by atoms with Gasteiger partial charge in [0, 0.05) is 6.54 Å².